The van der Waals surface area contributed by atoms with E-state index in [1.807, 2.05) is 0 Å². The van der Waals surface area contributed by atoms with E-state index in [0.29, 0.717) is 12.8 Å². The second-order valence-electron chi connectivity index (χ2n) is 11.9. The highest BCUT2D eigenvalue weighted by Gasteiger charge is 2.25. The summed E-state index contributed by atoms with van der Waals surface area (Å²) in [5, 5.41) is 18.2. The fourth-order valence-corrected chi connectivity index (χ4v) is 5.80. The van der Waals surface area contributed by atoms with Crippen LogP contribution in [0.2, 0.25) is 0 Å². The summed E-state index contributed by atoms with van der Waals surface area (Å²) in [6, 6.07) is 0. The first-order valence-electron chi connectivity index (χ1n) is 17.5. The number of unbranched alkanes of at least 4 members (excludes halogenated alkanes) is 20. The zero-order chi connectivity index (χ0) is 32.0. The van der Waals surface area contributed by atoms with E-state index in [-0.39, 0.29) is 37.8 Å². The highest BCUT2D eigenvalue weighted by atomic mass is 31.2. The molecule has 10 heteroatoms. The summed E-state index contributed by atoms with van der Waals surface area (Å²) in [5.41, 5.74) is 0. The minimum atomic E-state index is -4.49. The summed E-state index contributed by atoms with van der Waals surface area (Å²) in [4.78, 5) is 36.9. The lowest BCUT2D eigenvalue weighted by Crippen LogP contribution is -2.39. The van der Waals surface area contributed by atoms with Gasteiger partial charge in [0.1, 0.15) is 6.10 Å². The lowest BCUT2D eigenvalue weighted by Gasteiger charge is -2.22. The molecule has 0 saturated heterocycles. The molecule has 0 aromatic rings. The van der Waals surface area contributed by atoms with Crippen molar-refractivity contribution in [3.63, 3.8) is 0 Å². The van der Waals surface area contributed by atoms with E-state index < -0.39 is 27.1 Å². The SMILES string of the molecule is CCCCCCCCCCCCCC(=O)N(CCOP(=O)(O)OCC(O)CO)C(=O)CCCCCCCCCCCCC. The molecule has 0 aromatic carbocycles. The average molecular weight is 636 g/mol. The maximum atomic E-state index is 13.0. The van der Waals surface area contributed by atoms with Gasteiger partial charge >= 0.3 is 7.82 Å². The number of carbonyl (C=O) groups is 2. The average Bonchev–Trinajstić information content (AvgIpc) is 2.99. The van der Waals surface area contributed by atoms with Gasteiger partial charge in [0.15, 0.2) is 0 Å². The highest BCUT2D eigenvalue weighted by molar-refractivity contribution is 7.47. The van der Waals surface area contributed by atoms with Crippen molar-refractivity contribution in [3.8, 4) is 0 Å². The Kier molecular flexibility index (Phi) is 29.3. The Morgan fingerprint density at radius 1 is 0.628 bits per heavy atom. The van der Waals surface area contributed by atoms with Gasteiger partial charge in [0.2, 0.25) is 11.8 Å². The lowest BCUT2D eigenvalue weighted by molar-refractivity contribution is -0.145. The summed E-state index contributed by atoms with van der Waals surface area (Å²) < 4.78 is 21.6. The van der Waals surface area contributed by atoms with Crippen LogP contribution in [-0.2, 0) is 23.2 Å². The zero-order valence-corrected chi connectivity index (χ0v) is 28.5. The largest absolute Gasteiger partial charge is 0.472 e. The Morgan fingerprint density at radius 2 is 0.977 bits per heavy atom. The fourth-order valence-electron chi connectivity index (χ4n) is 5.06. The maximum Gasteiger partial charge on any atom is 0.472 e. The second-order valence-corrected chi connectivity index (χ2v) is 13.4. The zero-order valence-electron chi connectivity index (χ0n) is 27.7. The van der Waals surface area contributed by atoms with Gasteiger partial charge in [-0.25, -0.2) is 4.57 Å². The van der Waals surface area contributed by atoms with E-state index in [0.717, 1.165) is 43.4 Å². The van der Waals surface area contributed by atoms with Crippen LogP contribution in [0.1, 0.15) is 168 Å². The van der Waals surface area contributed by atoms with Gasteiger partial charge in [0.25, 0.3) is 0 Å². The molecule has 3 N–H and O–H groups in total. The monoisotopic (exact) mass is 635 g/mol. The van der Waals surface area contributed by atoms with Crippen molar-refractivity contribution in [3.05, 3.63) is 0 Å². The van der Waals surface area contributed by atoms with Gasteiger partial charge < -0.3 is 15.1 Å². The first-order valence-corrected chi connectivity index (χ1v) is 19.0. The summed E-state index contributed by atoms with van der Waals surface area (Å²) in [7, 11) is -4.49. The van der Waals surface area contributed by atoms with Crippen LogP contribution in [0.15, 0.2) is 0 Å². The molecule has 2 amide bonds. The summed E-state index contributed by atoms with van der Waals surface area (Å²) >= 11 is 0. The number of carbonyl (C=O) groups excluding carboxylic acids is 2. The number of hydrogen-bond donors (Lipinski definition) is 3. The van der Waals surface area contributed by atoms with Crippen LogP contribution in [0, 0.1) is 0 Å². The molecule has 43 heavy (non-hydrogen) atoms. The molecule has 256 valence electrons. The van der Waals surface area contributed by atoms with Crippen LogP contribution in [0.4, 0.5) is 0 Å². The van der Waals surface area contributed by atoms with Crippen molar-refractivity contribution in [2.75, 3.05) is 26.4 Å². The van der Waals surface area contributed by atoms with Crippen LogP contribution >= 0.6 is 7.82 Å². The molecule has 0 aliphatic heterocycles. The number of nitrogens with zero attached hydrogens (tertiary/aromatic N) is 1. The van der Waals surface area contributed by atoms with Gasteiger partial charge in [0, 0.05) is 12.8 Å². The van der Waals surface area contributed by atoms with Gasteiger partial charge in [-0.3, -0.25) is 23.5 Å². The number of aliphatic hydroxyl groups excluding tert-OH is 2. The Hall–Kier alpha value is -0.830. The lowest BCUT2D eigenvalue weighted by atomic mass is 10.0. The van der Waals surface area contributed by atoms with E-state index in [9.17, 15) is 24.2 Å². The van der Waals surface area contributed by atoms with Gasteiger partial charge in [0.05, 0.1) is 26.4 Å². The molecular formula is C33H66NO8P. The van der Waals surface area contributed by atoms with E-state index in [1.54, 1.807) is 0 Å². The van der Waals surface area contributed by atoms with Gasteiger partial charge in [-0.15, -0.1) is 0 Å². The van der Waals surface area contributed by atoms with Crippen molar-refractivity contribution in [1.29, 1.82) is 0 Å². The Balaban J connectivity index is 4.48. The van der Waals surface area contributed by atoms with Gasteiger partial charge in [-0.2, -0.15) is 0 Å². The standard InChI is InChI=1S/C33H66NO8P/c1-3-5-7-9-11-13-15-17-19-21-23-25-32(37)34(27-28-41-43(39,40)42-30-31(36)29-35)33(38)26-24-22-20-18-16-14-12-10-8-6-4-2/h31,35-36H,3-30H2,1-2H3,(H,39,40). The van der Waals surface area contributed by atoms with Crippen LogP contribution in [0.25, 0.3) is 0 Å². The van der Waals surface area contributed by atoms with Crippen molar-refractivity contribution in [2.24, 2.45) is 0 Å². The molecule has 0 aliphatic carbocycles. The molecule has 0 saturated carbocycles. The third kappa shape index (κ3) is 27.2. The molecule has 9 nitrogen and oxygen atoms in total. The number of aliphatic hydroxyl groups is 2. The van der Waals surface area contributed by atoms with Gasteiger partial charge in [-0.05, 0) is 12.8 Å². The molecule has 0 aromatic heterocycles. The predicted octanol–water partition coefficient (Wildman–Crippen LogP) is 8.23. The van der Waals surface area contributed by atoms with E-state index in [1.165, 1.54) is 89.9 Å². The van der Waals surface area contributed by atoms with Crippen LogP contribution in [0.3, 0.4) is 0 Å². The van der Waals surface area contributed by atoms with E-state index in [2.05, 4.69) is 18.4 Å². The minimum Gasteiger partial charge on any atom is -0.394 e. The molecule has 0 radical (unpaired) electrons. The maximum absolute atomic E-state index is 13.0. The number of phosphoric ester groups is 1. The number of amides is 2. The van der Waals surface area contributed by atoms with Crippen molar-refractivity contribution in [1.82, 2.24) is 4.90 Å². The molecule has 0 spiro atoms. The summed E-state index contributed by atoms with van der Waals surface area (Å²) in [6.45, 7) is 2.79. The number of hydrogen-bond acceptors (Lipinski definition) is 7. The molecule has 0 heterocycles. The Morgan fingerprint density at radius 3 is 1.33 bits per heavy atom. The normalized spacial score (nSPS) is 13.6. The molecule has 2 atom stereocenters. The molecule has 0 aliphatic rings. The molecule has 0 bridgehead atoms. The quantitative estimate of drug-likeness (QED) is 0.0497. The first kappa shape index (κ1) is 42.2. The van der Waals surface area contributed by atoms with E-state index >= 15 is 0 Å². The molecule has 0 rings (SSSR count). The van der Waals surface area contributed by atoms with Crippen LogP contribution in [-0.4, -0.2) is 64.3 Å². The van der Waals surface area contributed by atoms with Crippen molar-refractivity contribution >= 4 is 19.6 Å². The first-order chi connectivity index (χ1) is 20.8. The number of rotatable bonds is 32. The summed E-state index contributed by atoms with van der Waals surface area (Å²) in [6.07, 6.45) is 25.0. The highest BCUT2D eigenvalue weighted by Crippen LogP contribution is 2.43. The third-order valence-electron chi connectivity index (χ3n) is 7.80. The van der Waals surface area contributed by atoms with Crippen molar-refractivity contribution in [2.45, 2.75) is 174 Å². The number of imide groups is 1. The predicted molar refractivity (Wildman–Crippen MR) is 174 cm³/mol. The second kappa shape index (κ2) is 29.9. The smallest absolute Gasteiger partial charge is 0.394 e. The molecule has 0 fully saturated rings. The molecular weight excluding hydrogens is 569 g/mol. The topological polar surface area (TPSA) is 134 Å². The van der Waals surface area contributed by atoms with Crippen LogP contribution in [0.5, 0.6) is 0 Å². The number of phosphoric acid groups is 1. The summed E-state index contributed by atoms with van der Waals surface area (Å²) in [5.74, 6) is -0.561. The fraction of sp³-hybridized carbons (Fsp3) is 0.939. The minimum absolute atomic E-state index is 0.135. The Labute approximate surface area is 263 Å². The van der Waals surface area contributed by atoms with Crippen LogP contribution < -0.4 is 0 Å². The van der Waals surface area contributed by atoms with Gasteiger partial charge in [-0.1, -0.05) is 142 Å². The van der Waals surface area contributed by atoms with Crippen molar-refractivity contribution < 1.29 is 38.3 Å². The third-order valence-corrected chi connectivity index (χ3v) is 8.78. The molecule has 2 unspecified atom stereocenters. The van der Waals surface area contributed by atoms with E-state index in [4.69, 9.17) is 9.63 Å². The Bertz CT molecular complexity index is 670.